The Morgan fingerprint density at radius 2 is 1.94 bits per heavy atom. The van der Waals surface area contributed by atoms with Crippen LogP contribution in [-0.4, -0.2) is 29.1 Å². The number of thiol groups is 1. The van der Waals surface area contributed by atoms with Crippen molar-refractivity contribution in [2.45, 2.75) is 43.0 Å². The van der Waals surface area contributed by atoms with E-state index >= 15 is 0 Å². The van der Waals surface area contributed by atoms with E-state index in [4.69, 9.17) is 11.6 Å². The first-order chi connectivity index (χ1) is 14.7. The molecule has 3 rings (SSSR count). The molecule has 0 saturated heterocycles. The Morgan fingerprint density at radius 3 is 2.61 bits per heavy atom. The summed E-state index contributed by atoms with van der Waals surface area (Å²) in [5, 5.41) is 10.4. The third-order valence-corrected chi connectivity index (χ3v) is 6.69. The molecule has 0 unspecified atom stereocenters. The molecule has 2 N–H and O–H groups in total. The predicted molar refractivity (Wildman–Crippen MR) is 124 cm³/mol. The topological polar surface area (TPSA) is 106 Å². The lowest BCUT2D eigenvalue weighted by molar-refractivity contribution is 0.102. The molecule has 8 nitrogen and oxygen atoms in total. The average Bonchev–Trinajstić information content (AvgIpc) is 3.14. The Kier molecular flexibility index (Phi) is 7.24. The molecular weight excluding hydrogens is 458 g/mol. The zero-order valence-corrected chi connectivity index (χ0v) is 19.4. The Bertz CT molecular complexity index is 1190. The number of carbonyl (C=O) groups is 1. The maximum Gasteiger partial charge on any atom is 0.265 e. The first kappa shape index (κ1) is 23.1. The van der Waals surface area contributed by atoms with Crippen molar-refractivity contribution >= 4 is 51.8 Å². The number of aryl methyl sites for hydroxylation is 2. The number of rotatable bonds is 8. The summed E-state index contributed by atoms with van der Waals surface area (Å²) in [5.41, 5.74) is 1.61. The van der Waals surface area contributed by atoms with E-state index in [0.29, 0.717) is 12.2 Å². The van der Waals surface area contributed by atoms with E-state index in [1.807, 2.05) is 26.0 Å². The minimum absolute atomic E-state index is 0.00728. The summed E-state index contributed by atoms with van der Waals surface area (Å²) < 4.78 is 30.0. The lowest BCUT2D eigenvalue weighted by Gasteiger charge is -2.13. The second kappa shape index (κ2) is 9.71. The summed E-state index contributed by atoms with van der Waals surface area (Å²) in [7, 11) is -4.10. The van der Waals surface area contributed by atoms with Crippen molar-refractivity contribution in [2.75, 3.05) is 10.0 Å². The lowest BCUT2D eigenvalue weighted by atomic mass is 10.2. The number of sulfonamides is 1. The molecule has 31 heavy (non-hydrogen) atoms. The minimum Gasteiger partial charge on any atom is -0.322 e. The van der Waals surface area contributed by atoms with Crippen molar-refractivity contribution < 1.29 is 13.2 Å². The molecule has 11 heteroatoms. The van der Waals surface area contributed by atoms with Crippen LogP contribution in [0.25, 0.3) is 0 Å². The number of anilines is 2. The molecule has 0 atom stereocenters. The number of hydrogen-bond donors (Lipinski definition) is 3. The molecule has 1 amide bonds. The van der Waals surface area contributed by atoms with Crippen LogP contribution in [0.5, 0.6) is 0 Å². The summed E-state index contributed by atoms with van der Waals surface area (Å²) in [6.45, 7) is 4.53. The normalized spacial score (nSPS) is 11.4. The molecule has 1 heterocycles. The molecule has 0 aliphatic rings. The number of unbranched alkanes of at least 4 members (excludes halogenated alkanes) is 1. The van der Waals surface area contributed by atoms with E-state index in [1.54, 1.807) is 16.7 Å². The smallest absolute Gasteiger partial charge is 0.265 e. The fourth-order valence-electron chi connectivity index (χ4n) is 2.77. The van der Waals surface area contributed by atoms with Crippen molar-refractivity contribution in [3.8, 4) is 0 Å². The molecule has 0 saturated carbocycles. The van der Waals surface area contributed by atoms with Gasteiger partial charge in [-0.25, -0.2) is 13.1 Å². The zero-order valence-electron chi connectivity index (χ0n) is 17.0. The van der Waals surface area contributed by atoms with Crippen LogP contribution in [0.3, 0.4) is 0 Å². The monoisotopic (exact) mass is 479 g/mol. The van der Waals surface area contributed by atoms with Crippen LogP contribution in [0.4, 0.5) is 11.6 Å². The van der Waals surface area contributed by atoms with Gasteiger partial charge >= 0.3 is 0 Å². The van der Waals surface area contributed by atoms with Crippen molar-refractivity contribution in [3.63, 3.8) is 0 Å². The summed E-state index contributed by atoms with van der Waals surface area (Å²) in [6.07, 6.45) is 3.23. The van der Waals surface area contributed by atoms with Gasteiger partial charge in [-0.3, -0.25) is 9.36 Å². The first-order valence-electron chi connectivity index (χ1n) is 9.52. The second-order valence-corrected chi connectivity index (χ2v) is 9.47. The molecule has 2 aromatic carbocycles. The first-order valence-corrected chi connectivity index (χ1v) is 11.8. The highest BCUT2D eigenvalue weighted by Gasteiger charge is 2.24. The Balaban J connectivity index is 1.90. The third-order valence-electron chi connectivity index (χ3n) is 4.49. The molecule has 0 radical (unpaired) electrons. The molecule has 3 aromatic rings. The van der Waals surface area contributed by atoms with Crippen LogP contribution >= 0.6 is 24.2 Å². The van der Waals surface area contributed by atoms with Gasteiger partial charge in [-0.15, -0.1) is 22.8 Å². The number of halogens is 1. The van der Waals surface area contributed by atoms with Gasteiger partial charge in [-0.05, 0) is 37.6 Å². The Labute approximate surface area is 191 Å². The maximum atomic E-state index is 13.0. The van der Waals surface area contributed by atoms with Crippen LogP contribution in [-0.2, 0) is 16.6 Å². The summed E-state index contributed by atoms with van der Waals surface area (Å²) in [5.74, 6) is -0.452. The fraction of sp³-hybridized carbons (Fsp3) is 0.250. The molecule has 0 aliphatic heterocycles. The van der Waals surface area contributed by atoms with Crippen LogP contribution < -0.4 is 10.0 Å². The van der Waals surface area contributed by atoms with Crippen molar-refractivity contribution in [1.82, 2.24) is 14.8 Å². The number of amides is 1. The van der Waals surface area contributed by atoms with Crippen molar-refractivity contribution in [3.05, 3.63) is 58.9 Å². The molecule has 0 fully saturated rings. The molecule has 0 spiro atoms. The van der Waals surface area contributed by atoms with E-state index in [0.717, 1.165) is 18.4 Å². The lowest BCUT2D eigenvalue weighted by Crippen LogP contribution is -2.19. The minimum atomic E-state index is -4.10. The SMILES string of the molecule is CCCCn1cnnc1NS(=O)(=O)c1cc(C(=O)Nc2ccc(C)cc2)c(Cl)cc1S. The van der Waals surface area contributed by atoms with Gasteiger partial charge in [0.25, 0.3) is 15.9 Å². The number of aromatic nitrogens is 3. The summed E-state index contributed by atoms with van der Waals surface area (Å²) in [4.78, 5) is 12.6. The van der Waals surface area contributed by atoms with E-state index < -0.39 is 15.9 Å². The molecule has 0 aliphatic carbocycles. The van der Waals surface area contributed by atoms with E-state index in [9.17, 15) is 13.2 Å². The van der Waals surface area contributed by atoms with Crippen molar-refractivity contribution in [1.29, 1.82) is 0 Å². The third kappa shape index (κ3) is 5.57. The fourth-order valence-corrected chi connectivity index (χ4v) is 4.76. The number of nitrogens with one attached hydrogen (secondary N) is 2. The second-order valence-electron chi connectivity index (χ2n) is 6.93. The number of benzene rings is 2. The van der Waals surface area contributed by atoms with E-state index in [1.165, 1.54) is 18.5 Å². The van der Waals surface area contributed by atoms with Crippen LogP contribution in [0.1, 0.15) is 35.7 Å². The Morgan fingerprint density at radius 1 is 1.23 bits per heavy atom. The number of hydrogen-bond acceptors (Lipinski definition) is 6. The zero-order chi connectivity index (χ0) is 22.6. The summed E-state index contributed by atoms with van der Waals surface area (Å²) >= 11 is 10.5. The molecule has 164 valence electrons. The Hall–Kier alpha value is -2.56. The van der Waals surface area contributed by atoms with Crippen LogP contribution in [0, 0.1) is 6.92 Å². The van der Waals surface area contributed by atoms with Crippen molar-refractivity contribution in [2.24, 2.45) is 0 Å². The number of carbonyl (C=O) groups excluding carboxylic acids is 1. The predicted octanol–water partition coefficient (Wildman–Crippen LogP) is 4.38. The van der Waals surface area contributed by atoms with E-state index in [-0.39, 0.29) is 26.3 Å². The largest absolute Gasteiger partial charge is 0.322 e. The van der Waals surface area contributed by atoms with Gasteiger partial charge in [-0.2, -0.15) is 0 Å². The highest BCUT2D eigenvalue weighted by Crippen LogP contribution is 2.29. The number of nitrogens with zero attached hydrogens (tertiary/aromatic N) is 3. The standard InChI is InChI=1S/C20H22ClN5O3S2/c1-3-4-9-26-12-22-24-20(26)25-31(28,29)18-10-15(16(21)11-17(18)30)19(27)23-14-7-5-13(2)6-8-14/h5-8,10-12,30H,3-4,9H2,1-2H3,(H,23,27)(H,24,25). The van der Waals surface area contributed by atoms with E-state index in [2.05, 4.69) is 32.9 Å². The molecular formula is C20H22ClN5O3S2. The van der Waals surface area contributed by atoms with Crippen LogP contribution in [0.2, 0.25) is 5.02 Å². The quantitative estimate of drug-likeness (QED) is 0.416. The highest BCUT2D eigenvalue weighted by atomic mass is 35.5. The molecule has 1 aromatic heterocycles. The van der Waals surface area contributed by atoms with Gasteiger partial charge in [0.2, 0.25) is 5.95 Å². The van der Waals surface area contributed by atoms with Gasteiger partial charge in [0.1, 0.15) is 11.2 Å². The summed E-state index contributed by atoms with van der Waals surface area (Å²) in [6, 6.07) is 9.71. The maximum absolute atomic E-state index is 13.0. The van der Waals surface area contributed by atoms with Crippen LogP contribution in [0.15, 0.2) is 52.5 Å². The van der Waals surface area contributed by atoms with Gasteiger partial charge in [0, 0.05) is 17.1 Å². The van der Waals surface area contributed by atoms with Gasteiger partial charge < -0.3 is 5.32 Å². The van der Waals surface area contributed by atoms with Gasteiger partial charge in [-0.1, -0.05) is 42.6 Å². The van der Waals surface area contributed by atoms with Gasteiger partial charge in [0.05, 0.1) is 10.6 Å². The van der Waals surface area contributed by atoms with Gasteiger partial charge in [0.15, 0.2) is 0 Å². The highest BCUT2D eigenvalue weighted by molar-refractivity contribution is 7.93. The molecule has 0 bridgehead atoms. The average molecular weight is 480 g/mol.